The van der Waals surface area contributed by atoms with Gasteiger partial charge in [-0.2, -0.15) is 0 Å². The summed E-state index contributed by atoms with van der Waals surface area (Å²) in [7, 11) is 0. The molecule has 17 rings (SSSR count). The minimum absolute atomic E-state index is 0.319. The van der Waals surface area contributed by atoms with Gasteiger partial charge in [0.1, 0.15) is 0 Å². The lowest BCUT2D eigenvalue weighted by molar-refractivity contribution is 0.661. The van der Waals surface area contributed by atoms with E-state index in [0.717, 1.165) is 22.7 Å². The maximum Gasteiger partial charge on any atom is 0.0544 e. The summed E-state index contributed by atoms with van der Waals surface area (Å²) in [5, 5.41) is 9.93. The molecule has 4 heterocycles. The number of rotatable bonds is 6. The van der Waals surface area contributed by atoms with Crippen LogP contribution in [0.3, 0.4) is 0 Å². The summed E-state index contributed by atoms with van der Waals surface area (Å²) in [4.78, 5) is 0. The molecule has 0 aliphatic heterocycles. The highest BCUT2D eigenvalue weighted by atomic mass is 15.0. The van der Waals surface area contributed by atoms with Crippen LogP contribution in [0.2, 0.25) is 0 Å². The fourth-order valence-corrected chi connectivity index (χ4v) is 13.8. The van der Waals surface area contributed by atoms with E-state index in [-0.39, 0.29) is 5.41 Å². The Kier molecular flexibility index (Phi) is 9.15. The van der Waals surface area contributed by atoms with E-state index in [9.17, 15) is 0 Å². The lowest BCUT2D eigenvalue weighted by Gasteiger charge is -2.22. The zero-order chi connectivity index (χ0) is 52.1. The molecule has 0 fully saturated rings. The molecule has 0 radical (unpaired) electrons. The first-order valence-corrected chi connectivity index (χ1v) is 27.5. The van der Waals surface area contributed by atoms with Crippen molar-refractivity contribution >= 4 is 87.2 Å². The summed E-state index contributed by atoms with van der Waals surface area (Å²) in [6.45, 7) is 4.87. The van der Waals surface area contributed by atoms with Crippen molar-refractivity contribution in [3.8, 4) is 56.1 Å². The fraction of sp³-hybridized carbons (Fsp3) is 0.0400. The Morgan fingerprint density at radius 2 is 0.532 bits per heavy atom. The number of fused-ring (bicyclic) bond motifs is 15. The smallest absolute Gasteiger partial charge is 0.0544 e. The van der Waals surface area contributed by atoms with E-state index in [1.165, 1.54) is 132 Å². The van der Waals surface area contributed by atoms with Crippen molar-refractivity contribution < 1.29 is 0 Å². The van der Waals surface area contributed by atoms with Gasteiger partial charge in [0, 0.05) is 71.3 Å². The van der Waals surface area contributed by atoms with Gasteiger partial charge in [0.2, 0.25) is 0 Å². The van der Waals surface area contributed by atoms with E-state index in [4.69, 9.17) is 0 Å². The average Bonchev–Trinajstić information content (AvgIpc) is 3.66. The highest BCUT2D eigenvalue weighted by Gasteiger charge is 2.38. The third-order valence-corrected chi connectivity index (χ3v) is 17.5. The second-order valence-electron chi connectivity index (χ2n) is 22.1. The van der Waals surface area contributed by atoms with Gasteiger partial charge >= 0.3 is 0 Å². The largest absolute Gasteiger partial charge is 0.309 e. The molecule has 4 heteroatoms. The van der Waals surface area contributed by atoms with Crippen molar-refractivity contribution in [2.45, 2.75) is 19.3 Å². The van der Waals surface area contributed by atoms with Crippen LogP contribution in [0.1, 0.15) is 25.0 Å². The Morgan fingerprint density at radius 3 is 0.949 bits per heavy atom. The summed E-state index contributed by atoms with van der Waals surface area (Å²) in [6.07, 6.45) is 0. The second kappa shape index (κ2) is 16.4. The zero-order valence-electron chi connectivity index (χ0n) is 43.7. The first-order valence-electron chi connectivity index (χ1n) is 27.5. The number of nitrogens with zero attached hydrogens (tertiary/aromatic N) is 4. The fourth-order valence-electron chi connectivity index (χ4n) is 13.8. The minimum Gasteiger partial charge on any atom is -0.309 e. The van der Waals surface area contributed by atoms with Gasteiger partial charge in [0.25, 0.3) is 0 Å². The molecule has 79 heavy (non-hydrogen) atoms. The van der Waals surface area contributed by atoms with Crippen molar-refractivity contribution in [3.63, 3.8) is 0 Å². The molecule has 0 saturated heterocycles. The van der Waals surface area contributed by atoms with Gasteiger partial charge in [-0.15, -0.1) is 0 Å². The van der Waals surface area contributed by atoms with E-state index in [1.807, 2.05) is 0 Å². The van der Waals surface area contributed by atoms with Crippen molar-refractivity contribution in [2.75, 3.05) is 0 Å². The summed E-state index contributed by atoms with van der Waals surface area (Å²) in [6, 6.07) is 99.2. The van der Waals surface area contributed by atoms with Crippen molar-refractivity contribution in [1.82, 2.24) is 18.3 Å². The number of hydrogen-bond donors (Lipinski definition) is 0. The summed E-state index contributed by atoms with van der Waals surface area (Å²) in [5.41, 5.74) is 24.0. The summed E-state index contributed by atoms with van der Waals surface area (Å²) in [5.74, 6) is 0. The number of hydrogen-bond acceptors (Lipinski definition) is 0. The Hall–Kier alpha value is -10.2. The SMILES string of the molecule is CC1(C)c2cc3c(cc2-c2cc4c5cc(-c6ccccc6)ccc5n(-c5ccc6c(c5)c5ccccc5n6-c5ccccc5)c4cc21)c1cc(-c2ccccc2)ccc1n3-c1ccc2c(c1)c1ccccc1n2-c1ccccc1. The van der Waals surface area contributed by atoms with Crippen LogP contribution in [-0.4, -0.2) is 18.3 Å². The van der Waals surface area contributed by atoms with Crippen LogP contribution in [0.15, 0.2) is 267 Å². The molecule has 0 bridgehead atoms. The van der Waals surface area contributed by atoms with E-state index < -0.39 is 0 Å². The molecule has 1 aliphatic rings. The summed E-state index contributed by atoms with van der Waals surface area (Å²) >= 11 is 0. The number of benzene rings is 12. The van der Waals surface area contributed by atoms with Crippen LogP contribution in [0, 0.1) is 0 Å². The van der Waals surface area contributed by atoms with Crippen molar-refractivity contribution in [3.05, 3.63) is 278 Å². The molecule has 0 saturated carbocycles. The van der Waals surface area contributed by atoms with Gasteiger partial charge in [0.15, 0.2) is 0 Å². The highest BCUT2D eigenvalue weighted by Crippen LogP contribution is 2.54. The average molecular weight is 1010 g/mol. The van der Waals surface area contributed by atoms with Crippen molar-refractivity contribution in [1.29, 1.82) is 0 Å². The standard InChI is InChI=1S/C75H50N4/c1-75(2)65-45-73-63(59-39-49(47-19-7-3-8-20-47)31-35-69(59)78(73)53-33-37-71-61(41-53)55-27-15-17-29-67(55)76(71)51-23-11-5-12-24-51)43-57(65)58-44-64-60-40-50(48-21-9-4-10-22-48)32-36-70(60)79(74(64)46-66(58)75)54-34-38-72-62(42-54)56-28-16-18-30-68(56)77(72)52-25-13-6-14-26-52/h3-46H,1-2H3. The first-order chi connectivity index (χ1) is 38.9. The molecule has 0 unspecified atom stereocenters. The maximum atomic E-state index is 2.53. The molecule has 4 aromatic heterocycles. The van der Waals surface area contributed by atoms with Crippen LogP contribution < -0.4 is 0 Å². The number of para-hydroxylation sites is 4. The maximum absolute atomic E-state index is 2.53. The molecule has 12 aromatic carbocycles. The molecule has 0 spiro atoms. The van der Waals surface area contributed by atoms with Gasteiger partial charge in [-0.05, 0) is 166 Å². The molecule has 16 aromatic rings. The third-order valence-electron chi connectivity index (χ3n) is 17.5. The highest BCUT2D eigenvalue weighted by molar-refractivity contribution is 6.17. The van der Waals surface area contributed by atoms with Gasteiger partial charge in [-0.1, -0.05) is 159 Å². The van der Waals surface area contributed by atoms with E-state index >= 15 is 0 Å². The van der Waals surface area contributed by atoms with Crippen LogP contribution >= 0.6 is 0 Å². The molecule has 0 atom stereocenters. The molecule has 1 aliphatic carbocycles. The van der Waals surface area contributed by atoms with Gasteiger partial charge in [-0.3, -0.25) is 0 Å². The predicted molar refractivity (Wildman–Crippen MR) is 332 cm³/mol. The topological polar surface area (TPSA) is 19.7 Å². The Labute approximate surface area is 456 Å². The van der Waals surface area contributed by atoms with Crippen LogP contribution in [0.4, 0.5) is 0 Å². The molecule has 4 nitrogen and oxygen atoms in total. The van der Waals surface area contributed by atoms with Gasteiger partial charge in [0.05, 0.1) is 44.1 Å². The van der Waals surface area contributed by atoms with E-state index in [0.29, 0.717) is 0 Å². The lowest BCUT2D eigenvalue weighted by Crippen LogP contribution is -2.15. The Bertz CT molecular complexity index is 4860. The third kappa shape index (κ3) is 6.31. The molecule has 370 valence electrons. The van der Waals surface area contributed by atoms with Crippen molar-refractivity contribution in [2.24, 2.45) is 0 Å². The molecular weight excluding hydrogens is 957 g/mol. The second-order valence-corrected chi connectivity index (χ2v) is 22.1. The van der Waals surface area contributed by atoms with Gasteiger partial charge < -0.3 is 18.3 Å². The normalized spacial score (nSPS) is 13.0. The quantitative estimate of drug-likeness (QED) is 0.158. The summed E-state index contributed by atoms with van der Waals surface area (Å²) < 4.78 is 9.87. The number of aromatic nitrogens is 4. The molecule has 0 N–H and O–H groups in total. The first kappa shape index (κ1) is 44.0. The Morgan fingerprint density at radius 1 is 0.215 bits per heavy atom. The molecule has 0 amide bonds. The van der Waals surface area contributed by atoms with E-state index in [1.54, 1.807) is 0 Å². The monoisotopic (exact) mass is 1010 g/mol. The zero-order valence-corrected chi connectivity index (χ0v) is 43.7. The van der Waals surface area contributed by atoms with Crippen LogP contribution in [-0.2, 0) is 5.41 Å². The molecular formula is C75H50N4. The van der Waals surface area contributed by atoms with Crippen LogP contribution in [0.5, 0.6) is 0 Å². The minimum atomic E-state index is -0.319. The van der Waals surface area contributed by atoms with E-state index in [2.05, 4.69) is 299 Å². The Balaban J connectivity index is 0.913. The predicted octanol–water partition coefficient (Wildman–Crippen LogP) is 19.7. The van der Waals surface area contributed by atoms with Gasteiger partial charge in [-0.25, -0.2) is 0 Å². The lowest BCUT2D eigenvalue weighted by atomic mass is 9.82. The van der Waals surface area contributed by atoms with Crippen LogP contribution in [0.25, 0.3) is 143 Å².